The second kappa shape index (κ2) is 10.8. The molecule has 7 nitrogen and oxygen atoms in total. The van der Waals surface area contributed by atoms with E-state index in [0.29, 0.717) is 32.9 Å². The summed E-state index contributed by atoms with van der Waals surface area (Å²) < 4.78 is 10.3. The minimum atomic E-state index is -0.956. The lowest BCUT2D eigenvalue weighted by molar-refractivity contribution is -0.131. The average Bonchev–Trinajstić information content (AvgIpc) is 2.60. The monoisotopic (exact) mass is 334 g/mol. The van der Waals surface area contributed by atoms with Gasteiger partial charge < -0.3 is 25.2 Å². The Bertz CT molecular complexity index is 563. The minimum Gasteiger partial charge on any atom is -0.490 e. The van der Waals surface area contributed by atoms with E-state index in [9.17, 15) is 9.59 Å². The molecule has 3 N–H and O–H groups in total. The molecule has 2 amide bonds. The maximum absolute atomic E-state index is 10.4. The van der Waals surface area contributed by atoms with Gasteiger partial charge in [0, 0.05) is 19.2 Å². The Morgan fingerprint density at radius 1 is 1.29 bits per heavy atom. The van der Waals surface area contributed by atoms with Crippen LogP contribution in [0, 0.1) is 0 Å². The fourth-order valence-corrected chi connectivity index (χ4v) is 1.78. The van der Waals surface area contributed by atoms with Crippen LogP contribution in [-0.2, 0) is 9.53 Å². The van der Waals surface area contributed by atoms with E-state index in [0.717, 1.165) is 17.4 Å². The number of hydrogen-bond donors (Lipinski definition) is 2. The van der Waals surface area contributed by atoms with Gasteiger partial charge in [0.1, 0.15) is 12.4 Å². The second-order valence-corrected chi connectivity index (χ2v) is 4.78. The van der Waals surface area contributed by atoms with Gasteiger partial charge in [0.15, 0.2) is 0 Å². The summed E-state index contributed by atoms with van der Waals surface area (Å²) in [4.78, 5) is 22.3. The molecule has 0 spiro atoms. The van der Waals surface area contributed by atoms with Gasteiger partial charge in [-0.3, -0.25) is 0 Å². The van der Waals surface area contributed by atoms with Crippen LogP contribution >= 0.6 is 0 Å². The highest BCUT2D eigenvalue weighted by Crippen LogP contribution is 2.13. The van der Waals surface area contributed by atoms with E-state index in [4.69, 9.17) is 20.3 Å². The van der Waals surface area contributed by atoms with Gasteiger partial charge in [-0.1, -0.05) is 24.8 Å². The van der Waals surface area contributed by atoms with Crippen molar-refractivity contribution in [2.75, 3.05) is 32.9 Å². The molecule has 0 bridgehead atoms. The number of primary amides is 1. The molecule has 0 unspecified atom stereocenters. The first-order valence-electron chi connectivity index (χ1n) is 7.40. The van der Waals surface area contributed by atoms with Crippen molar-refractivity contribution in [2.45, 2.75) is 0 Å². The number of urea groups is 1. The molecular weight excluding hydrogens is 312 g/mol. The third-order valence-corrected chi connectivity index (χ3v) is 2.99. The Morgan fingerprint density at radius 2 is 1.92 bits per heavy atom. The van der Waals surface area contributed by atoms with Crippen molar-refractivity contribution in [3.8, 4) is 5.75 Å². The molecule has 1 aromatic carbocycles. The number of rotatable bonds is 5. The number of nitrogens with two attached hydrogens (primary N) is 1. The molecule has 2 rings (SSSR count). The van der Waals surface area contributed by atoms with E-state index >= 15 is 0 Å². The maximum Gasteiger partial charge on any atom is 0.328 e. The quantitative estimate of drug-likeness (QED) is 0.631. The first-order valence-corrected chi connectivity index (χ1v) is 7.40. The van der Waals surface area contributed by atoms with Crippen molar-refractivity contribution in [1.29, 1.82) is 0 Å². The van der Waals surface area contributed by atoms with Gasteiger partial charge in [-0.05, 0) is 23.8 Å². The summed E-state index contributed by atoms with van der Waals surface area (Å²) >= 11 is 0. The van der Waals surface area contributed by atoms with Crippen LogP contribution in [0.3, 0.4) is 0 Å². The third kappa shape index (κ3) is 8.00. The number of amides is 2. The molecule has 0 saturated carbocycles. The topological polar surface area (TPSA) is 102 Å². The Balaban J connectivity index is 0.000000272. The van der Waals surface area contributed by atoms with Crippen LogP contribution in [0.15, 0.2) is 43.0 Å². The first kappa shape index (κ1) is 19.2. The van der Waals surface area contributed by atoms with Gasteiger partial charge >= 0.3 is 12.0 Å². The fourth-order valence-electron chi connectivity index (χ4n) is 1.78. The van der Waals surface area contributed by atoms with Crippen molar-refractivity contribution in [2.24, 2.45) is 5.73 Å². The number of carbonyl (C=O) groups is 2. The normalized spacial score (nSPS) is 13.8. The highest BCUT2D eigenvalue weighted by molar-refractivity contribution is 5.85. The van der Waals surface area contributed by atoms with Gasteiger partial charge in [0.25, 0.3) is 0 Å². The van der Waals surface area contributed by atoms with E-state index in [1.54, 1.807) is 35.2 Å². The second-order valence-electron chi connectivity index (χ2n) is 4.78. The molecular formula is C17H22N2O5. The average molecular weight is 334 g/mol. The predicted molar refractivity (Wildman–Crippen MR) is 90.8 cm³/mol. The summed E-state index contributed by atoms with van der Waals surface area (Å²) in [5.41, 5.74) is 5.82. The maximum atomic E-state index is 10.4. The number of morpholine rings is 1. The SMILES string of the molecule is C=CCOc1ccc(/C=C/C(=O)O)cc1.NC(=O)N1CCOCC1. The Labute approximate surface area is 141 Å². The minimum absolute atomic E-state index is 0.349. The third-order valence-electron chi connectivity index (χ3n) is 2.99. The van der Waals surface area contributed by atoms with Crippen molar-refractivity contribution in [3.63, 3.8) is 0 Å². The molecule has 130 valence electrons. The van der Waals surface area contributed by atoms with Gasteiger partial charge in [-0.15, -0.1) is 0 Å². The fraction of sp³-hybridized carbons (Fsp3) is 0.294. The van der Waals surface area contributed by atoms with Crippen molar-refractivity contribution >= 4 is 18.1 Å². The number of hydrogen-bond acceptors (Lipinski definition) is 4. The Kier molecular flexibility index (Phi) is 8.70. The van der Waals surface area contributed by atoms with Gasteiger partial charge in [-0.25, -0.2) is 9.59 Å². The van der Waals surface area contributed by atoms with Crippen molar-refractivity contribution < 1.29 is 24.2 Å². The van der Waals surface area contributed by atoms with Crippen LogP contribution in [0.2, 0.25) is 0 Å². The zero-order valence-electron chi connectivity index (χ0n) is 13.4. The number of carbonyl (C=O) groups excluding carboxylic acids is 1. The molecule has 1 heterocycles. The Hall–Kier alpha value is -2.80. The van der Waals surface area contributed by atoms with Crippen LogP contribution in [-0.4, -0.2) is 54.9 Å². The molecule has 1 saturated heterocycles. The molecule has 0 aromatic heterocycles. The lowest BCUT2D eigenvalue weighted by atomic mass is 10.2. The van der Waals surface area contributed by atoms with E-state index in [1.807, 2.05) is 0 Å². The largest absolute Gasteiger partial charge is 0.490 e. The molecule has 0 radical (unpaired) electrons. The summed E-state index contributed by atoms with van der Waals surface area (Å²) in [6.07, 6.45) is 4.29. The van der Waals surface area contributed by atoms with E-state index in [2.05, 4.69) is 6.58 Å². The number of benzene rings is 1. The van der Waals surface area contributed by atoms with Crippen LogP contribution in [0.5, 0.6) is 5.75 Å². The molecule has 7 heteroatoms. The summed E-state index contributed by atoms with van der Waals surface area (Å²) in [5.74, 6) is -0.218. The highest BCUT2D eigenvalue weighted by Gasteiger charge is 2.12. The van der Waals surface area contributed by atoms with E-state index in [-0.39, 0.29) is 6.03 Å². The van der Waals surface area contributed by atoms with E-state index in [1.165, 1.54) is 6.08 Å². The van der Waals surface area contributed by atoms with Crippen LogP contribution in [0.25, 0.3) is 6.08 Å². The predicted octanol–water partition coefficient (Wildman–Crippen LogP) is 1.75. The van der Waals surface area contributed by atoms with E-state index < -0.39 is 5.97 Å². The number of aliphatic carboxylic acids is 1. The number of nitrogens with zero attached hydrogens (tertiary/aromatic N) is 1. The smallest absolute Gasteiger partial charge is 0.328 e. The molecule has 24 heavy (non-hydrogen) atoms. The first-order chi connectivity index (χ1) is 11.5. The molecule has 0 aliphatic carbocycles. The summed E-state index contributed by atoms with van der Waals surface area (Å²) in [6, 6.07) is 6.80. The molecule has 1 aliphatic heterocycles. The van der Waals surface area contributed by atoms with Crippen molar-refractivity contribution in [3.05, 3.63) is 48.6 Å². The van der Waals surface area contributed by atoms with Gasteiger partial charge in [0.2, 0.25) is 0 Å². The summed E-state index contributed by atoms with van der Waals surface area (Å²) in [5, 5.41) is 8.42. The summed E-state index contributed by atoms with van der Waals surface area (Å²) in [6.45, 7) is 6.50. The van der Waals surface area contributed by atoms with Crippen LogP contribution in [0.1, 0.15) is 5.56 Å². The van der Waals surface area contributed by atoms with Crippen LogP contribution in [0.4, 0.5) is 4.79 Å². The zero-order valence-corrected chi connectivity index (χ0v) is 13.4. The standard InChI is InChI=1S/C12H12O3.C5H10N2O2/c1-2-9-15-11-6-3-10(4-7-11)5-8-12(13)14;6-5(8)7-1-3-9-4-2-7/h2-8H,1,9H2,(H,13,14);1-4H2,(H2,6,8)/b8-5+;. The molecule has 0 atom stereocenters. The molecule has 1 fully saturated rings. The van der Waals surface area contributed by atoms with Gasteiger partial charge in [0.05, 0.1) is 13.2 Å². The lowest BCUT2D eigenvalue weighted by Gasteiger charge is -2.24. The molecule has 1 aromatic rings. The van der Waals surface area contributed by atoms with Gasteiger partial charge in [-0.2, -0.15) is 0 Å². The number of ether oxygens (including phenoxy) is 2. The molecule has 1 aliphatic rings. The zero-order chi connectivity index (χ0) is 17.8. The summed E-state index contributed by atoms with van der Waals surface area (Å²) in [7, 11) is 0. The van der Waals surface area contributed by atoms with Crippen LogP contribution < -0.4 is 10.5 Å². The Morgan fingerprint density at radius 3 is 2.38 bits per heavy atom. The van der Waals surface area contributed by atoms with Crippen molar-refractivity contribution in [1.82, 2.24) is 4.90 Å². The highest BCUT2D eigenvalue weighted by atomic mass is 16.5. The number of carboxylic acids is 1. The lowest BCUT2D eigenvalue weighted by Crippen LogP contribution is -2.43. The number of carboxylic acid groups (broad SMARTS) is 1.